The number of piperidine rings is 1. The lowest BCUT2D eigenvalue weighted by atomic mass is 9.99. The normalized spacial score (nSPS) is 23.3. The van der Waals surface area contributed by atoms with Crippen molar-refractivity contribution in [2.24, 2.45) is 5.92 Å². The third-order valence-electron chi connectivity index (χ3n) is 3.39. The SMILES string of the molecule is CC(C)(CNCC1CCCNC1)S(C)(=O)=O. The number of hydrogen-bond acceptors (Lipinski definition) is 4. The zero-order valence-corrected chi connectivity index (χ0v) is 11.4. The number of hydrogen-bond donors (Lipinski definition) is 2. The van der Waals surface area contributed by atoms with E-state index < -0.39 is 14.6 Å². The Balaban J connectivity index is 2.29. The Hall–Kier alpha value is -0.130. The van der Waals surface area contributed by atoms with Crippen LogP contribution in [0, 0.1) is 5.92 Å². The van der Waals surface area contributed by atoms with Gasteiger partial charge in [0.2, 0.25) is 0 Å². The van der Waals surface area contributed by atoms with Gasteiger partial charge in [0.1, 0.15) is 0 Å². The van der Waals surface area contributed by atoms with Crippen LogP contribution in [-0.2, 0) is 9.84 Å². The van der Waals surface area contributed by atoms with E-state index in [4.69, 9.17) is 0 Å². The average molecular weight is 248 g/mol. The third kappa shape index (κ3) is 4.03. The van der Waals surface area contributed by atoms with Crippen LogP contribution in [0.2, 0.25) is 0 Å². The molecule has 5 heteroatoms. The van der Waals surface area contributed by atoms with Gasteiger partial charge >= 0.3 is 0 Å². The first-order valence-electron chi connectivity index (χ1n) is 5.94. The molecule has 4 nitrogen and oxygen atoms in total. The monoisotopic (exact) mass is 248 g/mol. The molecule has 0 saturated carbocycles. The second kappa shape index (κ2) is 5.47. The highest BCUT2D eigenvalue weighted by molar-refractivity contribution is 7.92. The standard InChI is InChI=1S/C11H24N2O2S/c1-11(2,16(3,14)15)9-13-8-10-5-4-6-12-7-10/h10,12-13H,4-9H2,1-3H3. The van der Waals surface area contributed by atoms with Gasteiger partial charge in [0, 0.05) is 12.8 Å². The molecule has 1 atom stereocenters. The van der Waals surface area contributed by atoms with Gasteiger partial charge in [-0.15, -0.1) is 0 Å². The van der Waals surface area contributed by atoms with Crippen LogP contribution in [0.25, 0.3) is 0 Å². The summed E-state index contributed by atoms with van der Waals surface area (Å²) < 4.78 is 22.3. The smallest absolute Gasteiger partial charge is 0.153 e. The molecule has 16 heavy (non-hydrogen) atoms. The highest BCUT2D eigenvalue weighted by Gasteiger charge is 2.29. The lowest BCUT2D eigenvalue weighted by Gasteiger charge is -2.27. The molecule has 1 unspecified atom stereocenters. The molecule has 1 saturated heterocycles. The molecular weight excluding hydrogens is 224 g/mol. The summed E-state index contributed by atoms with van der Waals surface area (Å²) in [6, 6.07) is 0. The van der Waals surface area contributed by atoms with E-state index in [0.29, 0.717) is 12.5 Å². The van der Waals surface area contributed by atoms with E-state index in [1.807, 2.05) is 0 Å². The second-order valence-electron chi connectivity index (χ2n) is 5.38. The van der Waals surface area contributed by atoms with Crippen molar-refractivity contribution < 1.29 is 8.42 Å². The van der Waals surface area contributed by atoms with E-state index in [0.717, 1.165) is 19.6 Å². The van der Waals surface area contributed by atoms with Gasteiger partial charge in [0.05, 0.1) is 4.75 Å². The summed E-state index contributed by atoms with van der Waals surface area (Å²) in [7, 11) is -2.98. The zero-order chi connectivity index (χ0) is 12.2. The van der Waals surface area contributed by atoms with Crippen LogP contribution in [0.3, 0.4) is 0 Å². The molecule has 1 fully saturated rings. The Labute approximate surface area is 99.1 Å². The molecule has 0 bridgehead atoms. The first-order valence-corrected chi connectivity index (χ1v) is 7.83. The quantitative estimate of drug-likeness (QED) is 0.739. The topological polar surface area (TPSA) is 58.2 Å². The predicted molar refractivity (Wildman–Crippen MR) is 67.4 cm³/mol. The number of sulfone groups is 1. The molecule has 0 spiro atoms. The van der Waals surface area contributed by atoms with Crippen LogP contribution in [0.5, 0.6) is 0 Å². The molecule has 2 N–H and O–H groups in total. The van der Waals surface area contributed by atoms with Gasteiger partial charge < -0.3 is 10.6 Å². The largest absolute Gasteiger partial charge is 0.316 e. The molecule has 1 aliphatic heterocycles. The lowest BCUT2D eigenvalue weighted by molar-refractivity contribution is 0.355. The van der Waals surface area contributed by atoms with Crippen molar-refractivity contribution >= 4 is 9.84 Å². The maximum absolute atomic E-state index is 11.5. The first kappa shape index (κ1) is 13.9. The van der Waals surface area contributed by atoms with Crippen LogP contribution < -0.4 is 10.6 Å². The van der Waals surface area contributed by atoms with Crippen molar-refractivity contribution in [3.63, 3.8) is 0 Å². The van der Waals surface area contributed by atoms with Gasteiger partial charge in [-0.3, -0.25) is 0 Å². The van der Waals surface area contributed by atoms with Crippen molar-refractivity contribution in [1.82, 2.24) is 10.6 Å². The second-order valence-corrected chi connectivity index (χ2v) is 8.02. The molecule has 0 aromatic heterocycles. The summed E-state index contributed by atoms with van der Waals surface area (Å²) in [6.07, 6.45) is 3.76. The maximum Gasteiger partial charge on any atom is 0.153 e. The number of nitrogens with one attached hydrogen (secondary N) is 2. The Morgan fingerprint density at radius 2 is 2.12 bits per heavy atom. The van der Waals surface area contributed by atoms with Crippen LogP contribution in [0.15, 0.2) is 0 Å². The molecule has 1 rings (SSSR count). The van der Waals surface area contributed by atoms with Crippen LogP contribution in [0.4, 0.5) is 0 Å². The van der Waals surface area contributed by atoms with Crippen molar-refractivity contribution in [3.05, 3.63) is 0 Å². The minimum Gasteiger partial charge on any atom is -0.316 e. The molecule has 0 aliphatic carbocycles. The molecule has 0 aromatic rings. The van der Waals surface area contributed by atoms with Gasteiger partial charge in [-0.2, -0.15) is 0 Å². The first-order chi connectivity index (χ1) is 7.33. The minimum absolute atomic E-state index is 0.530. The maximum atomic E-state index is 11.5. The Morgan fingerprint density at radius 3 is 2.62 bits per heavy atom. The zero-order valence-electron chi connectivity index (χ0n) is 10.5. The molecular formula is C11H24N2O2S. The van der Waals surface area contributed by atoms with E-state index >= 15 is 0 Å². The van der Waals surface area contributed by atoms with E-state index in [1.165, 1.54) is 19.1 Å². The van der Waals surface area contributed by atoms with E-state index in [2.05, 4.69) is 10.6 Å². The highest BCUT2D eigenvalue weighted by Crippen LogP contribution is 2.14. The summed E-state index contributed by atoms with van der Waals surface area (Å²) >= 11 is 0. The summed E-state index contributed by atoms with van der Waals surface area (Å²) in [5.41, 5.74) is 0. The van der Waals surface area contributed by atoms with Crippen molar-refractivity contribution in [2.75, 3.05) is 32.4 Å². The summed E-state index contributed by atoms with van der Waals surface area (Å²) in [5.74, 6) is 0.643. The average Bonchev–Trinajstić information content (AvgIpc) is 2.17. The van der Waals surface area contributed by atoms with Gasteiger partial charge in [0.15, 0.2) is 9.84 Å². The van der Waals surface area contributed by atoms with Crippen molar-refractivity contribution in [3.8, 4) is 0 Å². The molecule has 1 aliphatic rings. The summed E-state index contributed by atoms with van der Waals surface area (Å²) in [5, 5.41) is 6.64. The molecule has 0 amide bonds. The van der Waals surface area contributed by atoms with Gasteiger partial charge in [-0.05, 0) is 52.2 Å². The number of rotatable bonds is 5. The van der Waals surface area contributed by atoms with Gasteiger partial charge in [-0.25, -0.2) is 8.42 Å². The Morgan fingerprint density at radius 1 is 1.44 bits per heavy atom. The molecule has 1 heterocycles. The lowest BCUT2D eigenvalue weighted by Crippen LogP contribution is -2.44. The predicted octanol–water partition coefficient (Wildman–Crippen LogP) is 0.399. The molecule has 96 valence electrons. The van der Waals surface area contributed by atoms with Crippen molar-refractivity contribution in [2.45, 2.75) is 31.4 Å². The van der Waals surface area contributed by atoms with E-state index in [1.54, 1.807) is 13.8 Å². The van der Waals surface area contributed by atoms with E-state index in [9.17, 15) is 8.42 Å². The fourth-order valence-corrected chi connectivity index (χ4v) is 2.17. The summed E-state index contributed by atoms with van der Waals surface area (Å²) in [6.45, 7) is 7.15. The third-order valence-corrected chi connectivity index (χ3v) is 5.54. The minimum atomic E-state index is -2.98. The van der Waals surface area contributed by atoms with Crippen LogP contribution in [-0.4, -0.2) is 45.6 Å². The van der Waals surface area contributed by atoms with Crippen LogP contribution >= 0.6 is 0 Å². The van der Waals surface area contributed by atoms with Gasteiger partial charge in [-0.1, -0.05) is 0 Å². The van der Waals surface area contributed by atoms with Gasteiger partial charge in [0.25, 0.3) is 0 Å². The Bertz CT molecular complexity index is 306. The molecule has 0 radical (unpaired) electrons. The summed E-state index contributed by atoms with van der Waals surface area (Å²) in [4.78, 5) is 0. The fourth-order valence-electron chi connectivity index (χ4n) is 1.81. The molecule has 0 aromatic carbocycles. The van der Waals surface area contributed by atoms with E-state index in [-0.39, 0.29) is 0 Å². The Kier molecular flexibility index (Phi) is 4.76. The van der Waals surface area contributed by atoms with Crippen molar-refractivity contribution in [1.29, 1.82) is 0 Å². The van der Waals surface area contributed by atoms with Crippen LogP contribution in [0.1, 0.15) is 26.7 Å². The highest BCUT2D eigenvalue weighted by atomic mass is 32.2. The fraction of sp³-hybridized carbons (Fsp3) is 1.00.